The lowest BCUT2D eigenvalue weighted by molar-refractivity contribution is -0.137. The smallest absolute Gasteiger partial charge is 0.243 e. The first-order valence-corrected chi connectivity index (χ1v) is 12.0. The molecule has 1 aromatic carbocycles. The third-order valence-electron chi connectivity index (χ3n) is 5.74. The fourth-order valence-electron chi connectivity index (χ4n) is 4.17. The first kappa shape index (κ1) is 20.4. The second-order valence-corrected chi connectivity index (χ2v) is 10.4. The van der Waals surface area contributed by atoms with Crippen LogP contribution in [0.25, 0.3) is 0 Å². The zero-order valence-electron chi connectivity index (χ0n) is 15.8. The average molecular weight is 441 g/mol. The predicted octanol–water partition coefficient (Wildman–Crippen LogP) is 3.79. The maximum atomic E-state index is 13.5. The Morgan fingerprint density at radius 3 is 2.45 bits per heavy atom. The molecule has 9 heteroatoms. The molecule has 0 bridgehead atoms. The largest absolute Gasteiger partial charge is 0.335 e. The lowest BCUT2D eigenvalue weighted by Gasteiger charge is -2.34. The standard InChI is InChI=1S/C20H22F2N2O3S2/c21-16-6-5-15(13-17(16)22)29(26,27)23-10-7-14(8-11-23)20(25)24-9-1-3-18(24)19-4-2-12-28-19/h2,4-6,12-14,18H,1,3,7-11H2. The summed E-state index contributed by atoms with van der Waals surface area (Å²) in [5, 5.41) is 2.01. The van der Waals surface area contributed by atoms with Crippen LogP contribution in [-0.2, 0) is 14.8 Å². The van der Waals surface area contributed by atoms with E-state index in [2.05, 4.69) is 6.07 Å². The molecule has 29 heavy (non-hydrogen) atoms. The molecule has 4 rings (SSSR count). The van der Waals surface area contributed by atoms with Gasteiger partial charge in [0.15, 0.2) is 11.6 Å². The number of likely N-dealkylation sites (tertiary alicyclic amines) is 1. The van der Waals surface area contributed by atoms with Crippen LogP contribution in [0.4, 0.5) is 8.78 Å². The van der Waals surface area contributed by atoms with Crippen LogP contribution in [0.3, 0.4) is 0 Å². The topological polar surface area (TPSA) is 57.7 Å². The van der Waals surface area contributed by atoms with E-state index in [4.69, 9.17) is 0 Å². The SMILES string of the molecule is O=C(C1CCN(S(=O)(=O)c2ccc(F)c(F)c2)CC1)N1CCCC1c1cccs1. The summed E-state index contributed by atoms with van der Waals surface area (Å²) in [6, 6.07) is 6.75. The number of amides is 1. The van der Waals surface area contributed by atoms with Crippen LogP contribution in [0.15, 0.2) is 40.6 Å². The van der Waals surface area contributed by atoms with Crippen LogP contribution in [0.5, 0.6) is 0 Å². The maximum Gasteiger partial charge on any atom is 0.243 e. The number of benzene rings is 1. The van der Waals surface area contributed by atoms with E-state index < -0.39 is 21.7 Å². The maximum absolute atomic E-state index is 13.5. The van der Waals surface area contributed by atoms with E-state index in [0.29, 0.717) is 18.9 Å². The molecule has 2 fully saturated rings. The van der Waals surface area contributed by atoms with Gasteiger partial charge >= 0.3 is 0 Å². The highest BCUT2D eigenvalue weighted by Gasteiger charge is 2.38. The summed E-state index contributed by atoms with van der Waals surface area (Å²) in [7, 11) is -3.91. The molecular formula is C20H22F2N2O3S2. The monoisotopic (exact) mass is 440 g/mol. The minimum absolute atomic E-state index is 0.0887. The number of halogens is 2. The molecule has 2 aliphatic rings. The van der Waals surface area contributed by atoms with Crippen LogP contribution in [0, 0.1) is 17.6 Å². The molecule has 156 valence electrons. The quantitative estimate of drug-likeness (QED) is 0.727. The number of carbonyl (C=O) groups is 1. The lowest BCUT2D eigenvalue weighted by atomic mass is 9.96. The highest BCUT2D eigenvalue weighted by atomic mass is 32.2. The summed E-state index contributed by atoms with van der Waals surface area (Å²) in [4.78, 5) is 16.0. The van der Waals surface area contributed by atoms with E-state index in [1.165, 1.54) is 9.18 Å². The Morgan fingerprint density at radius 2 is 1.79 bits per heavy atom. The molecule has 0 N–H and O–H groups in total. The van der Waals surface area contributed by atoms with E-state index in [1.54, 1.807) is 11.3 Å². The molecule has 0 radical (unpaired) electrons. The van der Waals surface area contributed by atoms with E-state index in [0.717, 1.165) is 31.5 Å². The molecule has 0 aliphatic carbocycles. The molecule has 1 atom stereocenters. The van der Waals surface area contributed by atoms with Gasteiger partial charge < -0.3 is 4.90 Å². The van der Waals surface area contributed by atoms with Gasteiger partial charge in [0.25, 0.3) is 0 Å². The second kappa shape index (κ2) is 8.12. The fraction of sp³-hybridized carbons (Fsp3) is 0.450. The zero-order chi connectivity index (χ0) is 20.6. The first-order valence-electron chi connectivity index (χ1n) is 9.67. The van der Waals surface area contributed by atoms with Crippen molar-refractivity contribution in [1.29, 1.82) is 0 Å². The summed E-state index contributed by atoms with van der Waals surface area (Å²) in [6.45, 7) is 1.11. The van der Waals surface area contributed by atoms with Crippen molar-refractivity contribution < 1.29 is 22.0 Å². The first-order chi connectivity index (χ1) is 13.9. The Kier molecular flexibility index (Phi) is 5.72. The Labute approximate surface area is 173 Å². The van der Waals surface area contributed by atoms with Crippen molar-refractivity contribution in [3.8, 4) is 0 Å². The predicted molar refractivity (Wildman–Crippen MR) is 106 cm³/mol. The van der Waals surface area contributed by atoms with Crippen molar-refractivity contribution in [2.45, 2.75) is 36.6 Å². The molecule has 1 unspecified atom stereocenters. The molecule has 1 aromatic heterocycles. The molecule has 2 aliphatic heterocycles. The van der Waals surface area contributed by atoms with Crippen molar-refractivity contribution >= 4 is 27.3 Å². The van der Waals surface area contributed by atoms with Gasteiger partial charge in [-0.3, -0.25) is 4.79 Å². The normalized spacial score (nSPS) is 21.6. The minimum Gasteiger partial charge on any atom is -0.335 e. The van der Waals surface area contributed by atoms with Gasteiger partial charge in [0.2, 0.25) is 15.9 Å². The van der Waals surface area contributed by atoms with Crippen LogP contribution in [0.2, 0.25) is 0 Å². The number of thiophene rings is 1. The Hall–Kier alpha value is -1.84. The number of rotatable bonds is 4. The number of piperidine rings is 1. The van der Waals surface area contributed by atoms with Crippen LogP contribution < -0.4 is 0 Å². The Balaban J connectivity index is 1.42. The van der Waals surface area contributed by atoms with Gasteiger partial charge in [-0.2, -0.15) is 4.31 Å². The Morgan fingerprint density at radius 1 is 1.03 bits per heavy atom. The average Bonchev–Trinajstić information content (AvgIpc) is 3.41. The van der Waals surface area contributed by atoms with E-state index in [-0.39, 0.29) is 35.9 Å². The Bertz CT molecular complexity index is 987. The number of carbonyl (C=O) groups excluding carboxylic acids is 1. The molecule has 2 aromatic rings. The molecule has 0 saturated carbocycles. The third-order valence-corrected chi connectivity index (χ3v) is 8.61. The van der Waals surface area contributed by atoms with Crippen LogP contribution in [0.1, 0.15) is 36.6 Å². The van der Waals surface area contributed by atoms with Crippen LogP contribution >= 0.6 is 11.3 Å². The molecule has 3 heterocycles. The summed E-state index contributed by atoms with van der Waals surface area (Å²) in [5.74, 6) is -2.40. The fourth-order valence-corrected chi connectivity index (χ4v) is 6.53. The molecule has 5 nitrogen and oxygen atoms in total. The van der Waals surface area contributed by atoms with E-state index in [1.807, 2.05) is 16.3 Å². The highest BCUT2D eigenvalue weighted by Crippen LogP contribution is 2.37. The van der Waals surface area contributed by atoms with Gasteiger partial charge in [0, 0.05) is 30.4 Å². The molecular weight excluding hydrogens is 418 g/mol. The van der Waals surface area contributed by atoms with Gasteiger partial charge in [0.05, 0.1) is 10.9 Å². The van der Waals surface area contributed by atoms with E-state index in [9.17, 15) is 22.0 Å². The van der Waals surface area contributed by atoms with Crippen LogP contribution in [-0.4, -0.2) is 43.2 Å². The van der Waals surface area contributed by atoms with Crippen molar-refractivity contribution in [3.63, 3.8) is 0 Å². The van der Waals surface area contributed by atoms with Crippen molar-refractivity contribution in [2.24, 2.45) is 5.92 Å². The summed E-state index contributed by atoms with van der Waals surface area (Å²) < 4.78 is 53.3. The number of hydrogen-bond acceptors (Lipinski definition) is 4. The molecule has 2 saturated heterocycles. The second-order valence-electron chi connectivity index (χ2n) is 7.46. The van der Waals surface area contributed by atoms with Gasteiger partial charge in [-0.1, -0.05) is 6.07 Å². The van der Waals surface area contributed by atoms with Gasteiger partial charge in [-0.05, 0) is 55.3 Å². The zero-order valence-corrected chi connectivity index (χ0v) is 17.4. The summed E-state index contributed by atoms with van der Waals surface area (Å²) in [6.07, 6.45) is 2.78. The summed E-state index contributed by atoms with van der Waals surface area (Å²) in [5.41, 5.74) is 0. The molecule has 0 spiro atoms. The summed E-state index contributed by atoms with van der Waals surface area (Å²) >= 11 is 1.65. The molecule has 1 amide bonds. The number of hydrogen-bond donors (Lipinski definition) is 0. The van der Waals surface area contributed by atoms with Crippen molar-refractivity contribution in [1.82, 2.24) is 9.21 Å². The van der Waals surface area contributed by atoms with Gasteiger partial charge in [-0.25, -0.2) is 17.2 Å². The van der Waals surface area contributed by atoms with Gasteiger partial charge in [0.1, 0.15) is 0 Å². The minimum atomic E-state index is -3.91. The lowest BCUT2D eigenvalue weighted by Crippen LogP contribution is -2.44. The van der Waals surface area contributed by atoms with Crippen molar-refractivity contribution in [3.05, 3.63) is 52.2 Å². The number of sulfonamides is 1. The van der Waals surface area contributed by atoms with Crippen molar-refractivity contribution in [2.75, 3.05) is 19.6 Å². The number of nitrogens with zero attached hydrogens (tertiary/aromatic N) is 2. The van der Waals surface area contributed by atoms with Gasteiger partial charge in [-0.15, -0.1) is 11.3 Å². The third kappa shape index (κ3) is 3.95. The highest BCUT2D eigenvalue weighted by molar-refractivity contribution is 7.89. The van der Waals surface area contributed by atoms with E-state index >= 15 is 0 Å².